The number of benzene rings is 1. The van der Waals surface area contributed by atoms with Gasteiger partial charge in [0.05, 0.1) is 18.7 Å². The second-order valence-corrected chi connectivity index (χ2v) is 7.89. The van der Waals surface area contributed by atoms with E-state index in [2.05, 4.69) is 4.98 Å². The predicted molar refractivity (Wildman–Crippen MR) is 115 cm³/mol. The monoisotopic (exact) mass is 435 g/mol. The third kappa shape index (κ3) is 6.83. The molecule has 0 bridgehead atoms. The molecule has 4 N–H and O–H groups in total. The number of aliphatic hydroxyl groups excluding tert-OH is 4. The number of fused-ring (bicyclic) bond motifs is 1. The number of aliphatic hydroxyl groups is 4. The molecule has 1 aromatic heterocycles. The van der Waals surface area contributed by atoms with Crippen LogP contribution >= 0.6 is 0 Å². The lowest BCUT2D eigenvalue weighted by atomic mass is 9.99. The summed E-state index contributed by atoms with van der Waals surface area (Å²) in [4.78, 5) is 4.30. The zero-order valence-corrected chi connectivity index (χ0v) is 17.7. The van der Waals surface area contributed by atoms with Gasteiger partial charge in [-0.25, -0.2) is 0 Å². The van der Waals surface area contributed by atoms with Crippen LogP contribution in [0.4, 0.5) is 0 Å². The van der Waals surface area contributed by atoms with Gasteiger partial charge in [-0.2, -0.15) is 0 Å². The van der Waals surface area contributed by atoms with Crippen molar-refractivity contribution in [1.82, 2.24) is 4.98 Å². The summed E-state index contributed by atoms with van der Waals surface area (Å²) in [5.41, 5.74) is 0.962. The Morgan fingerprint density at radius 2 is 1.65 bits per heavy atom. The molecule has 8 heteroatoms. The molecule has 2 heterocycles. The van der Waals surface area contributed by atoms with Gasteiger partial charge < -0.3 is 34.6 Å². The number of ether oxygens (including phenoxy) is 3. The van der Waals surface area contributed by atoms with Crippen LogP contribution in [0.15, 0.2) is 36.5 Å². The van der Waals surface area contributed by atoms with Crippen molar-refractivity contribution in [2.45, 2.75) is 69.2 Å². The lowest BCUT2D eigenvalue weighted by molar-refractivity contribution is -0.296. The molecule has 0 saturated carbocycles. The SMILES string of the molecule is OC[C@H]1OC(O)[C@H](OCCCCCCCCOc2ccc3ncccc3c2)[C@@H](O)[C@@H]1O. The standard InChI is InChI=1S/C23H33NO7/c25-15-19-20(26)21(27)22(23(28)31-19)30-13-6-4-2-1-3-5-12-29-17-9-10-18-16(14-17)8-7-11-24-18/h7-11,14,19-23,25-28H,1-6,12-13,15H2/t19-,20-,21+,22-,23?/m1/s1. The Hall–Kier alpha value is -1.81. The molecule has 5 atom stereocenters. The van der Waals surface area contributed by atoms with E-state index in [1.807, 2.05) is 30.3 Å². The van der Waals surface area contributed by atoms with Crippen LogP contribution in [-0.2, 0) is 9.47 Å². The van der Waals surface area contributed by atoms with Crippen LogP contribution < -0.4 is 4.74 Å². The van der Waals surface area contributed by atoms with E-state index in [-0.39, 0.29) is 0 Å². The fraction of sp³-hybridized carbons (Fsp3) is 0.609. The molecule has 172 valence electrons. The van der Waals surface area contributed by atoms with Crippen LogP contribution in [-0.4, -0.2) is 75.9 Å². The molecule has 1 fully saturated rings. The van der Waals surface area contributed by atoms with Crippen LogP contribution in [0.5, 0.6) is 5.75 Å². The van der Waals surface area contributed by atoms with E-state index < -0.39 is 37.3 Å². The van der Waals surface area contributed by atoms with Crippen molar-refractivity contribution >= 4 is 10.9 Å². The van der Waals surface area contributed by atoms with Gasteiger partial charge in [0, 0.05) is 18.2 Å². The molecule has 1 aliphatic heterocycles. The topological polar surface area (TPSA) is 122 Å². The van der Waals surface area contributed by atoms with Crippen molar-refractivity contribution in [2.24, 2.45) is 0 Å². The van der Waals surface area contributed by atoms with Gasteiger partial charge in [-0.3, -0.25) is 4.98 Å². The first kappa shape index (κ1) is 23.8. The summed E-state index contributed by atoms with van der Waals surface area (Å²) < 4.78 is 16.4. The molecular formula is C23H33NO7. The van der Waals surface area contributed by atoms with E-state index in [1.54, 1.807) is 6.20 Å². The normalized spacial score (nSPS) is 26.3. The number of aromatic nitrogens is 1. The Labute approximate surface area is 182 Å². The molecule has 3 rings (SSSR count). The third-order valence-electron chi connectivity index (χ3n) is 5.53. The van der Waals surface area contributed by atoms with Gasteiger partial charge in [0.25, 0.3) is 0 Å². The highest BCUT2D eigenvalue weighted by molar-refractivity contribution is 5.79. The minimum Gasteiger partial charge on any atom is -0.494 e. The van der Waals surface area contributed by atoms with E-state index in [1.165, 1.54) is 0 Å². The molecule has 1 aliphatic rings. The number of nitrogens with zero attached hydrogens (tertiary/aromatic N) is 1. The Bertz CT molecular complexity index is 789. The largest absolute Gasteiger partial charge is 0.494 e. The lowest BCUT2D eigenvalue weighted by Gasteiger charge is -2.39. The van der Waals surface area contributed by atoms with Gasteiger partial charge in [0.15, 0.2) is 6.29 Å². The number of pyridine rings is 1. The molecule has 2 aromatic rings. The molecule has 8 nitrogen and oxygen atoms in total. The molecule has 0 spiro atoms. The smallest absolute Gasteiger partial charge is 0.184 e. The number of hydrogen-bond donors (Lipinski definition) is 4. The summed E-state index contributed by atoms with van der Waals surface area (Å²) in [7, 11) is 0. The summed E-state index contributed by atoms with van der Waals surface area (Å²) in [5, 5.41) is 39.9. The van der Waals surface area contributed by atoms with E-state index in [4.69, 9.17) is 19.3 Å². The maximum Gasteiger partial charge on any atom is 0.184 e. The Kier molecular flexibility index (Phi) is 9.45. The summed E-state index contributed by atoms with van der Waals surface area (Å²) in [6.07, 6.45) is 1.81. The highest BCUT2D eigenvalue weighted by Gasteiger charge is 2.44. The minimum absolute atomic E-state index is 0.360. The Morgan fingerprint density at radius 1 is 0.903 bits per heavy atom. The van der Waals surface area contributed by atoms with Gasteiger partial charge in [0.2, 0.25) is 0 Å². The molecule has 31 heavy (non-hydrogen) atoms. The van der Waals surface area contributed by atoms with E-state index in [9.17, 15) is 15.3 Å². The molecule has 0 radical (unpaired) electrons. The van der Waals surface area contributed by atoms with Crippen molar-refractivity contribution < 1.29 is 34.6 Å². The first-order valence-corrected chi connectivity index (χ1v) is 11.0. The number of rotatable bonds is 12. The third-order valence-corrected chi connectivity index (χ3v) is 5.53. The van der Waals surface area contributed by atoms with Gasteiger partial charge in [-0.15, -0.1) is 0 Å². The average molecular weight is 436 g/mol. The predicted octanol–water partition coefficient (Wildman–Crippen LogP) is 1.77. The van der Waals surface area contributed by atoms with Crippen molar-refractivity contribution in [3.05, 3.63) is 36.5 Å². The summed E-state index contributed by atoms with van der Waals surface area (Å²) in [6, 6.07) is 9.87. The molecule has 1 saturated heterocycles. The van der Waals surface area contributed by atoms with E-state index in [0.717, 1.165) is 55.2 Å². The highest BCUT2D eigenvalue weighted by Crippen LogP contribution is 2.23. The van der Waals surface area contributed by atoms with Crippen LogP contribution in [0.1, 0.15) is 38.5 Å². The average Bonchev–Trinajstić information content (AvgIpc) is 2.79. The van der Waals surface area contributed by atoms with E-state index >= 15 is 0 Å². The summed E-state index contributed by atoms with van der Waals surface area (Å²) in [5.74, 6) is 0.865. The van der Waals surface area contributed by atoms with Crippen LogP contribution in [0, 0.1) is 0 Å². The first-order chi connectivity index (χ1) is 15.1. The Balaban J connectivity index is 1.21. The van der Waals surface area contributed by atoms with Gasteiger partial charge in [0.1, 0.15) is 30.2 Å². The van der Waals surface area contributed by atoms with Crippen LogP contribution in [0.3, 0.4) is 0 Å². The summed E-state index contributed by atoms with van der Waals surface area (Å²) >= 11 is 0. The molecule has 0 aliphatic carbocycles. The molecule has 1 aromatic carbocycles. The highest BCUT2D eigenvalue weighted by atomic mass is 16.7. The first-order valence-electron chi connectivity index (χ1n) is 11.0. The second-order valence-electron chi connectivity index (χ2n) is 7.89. The second kappa shape index (κ2) is 12.3. The number of hydrogen-bond acceptors (Lipinski definition) is 8. The maximum atomic E-state index is 10.0. The number of unbranched alkanes of at least 4 members (excludes halogenated alkanes) is 5. The molecule has 0 amide bonds. The van der Waals surface area contributed by atoms with Gasteiger partial charge in [-0.05, 0) is 37.1 Å². The zero-order valence-electron chi connectivity index (χ0n) is 17.7. The van der Waals surface area contributed by atoms with E-state index in [0.29, 0.717) is 13.2 Å². The van der Waals surface area contributed by atoms with Crippen molar-refractivity contribution in [1.29, 1.82) is 0 Å². The van der Waals surface area contributed by atoms with Crippen LogP contribution in [0.2, 0.25) is 0 Å². The Morgan fingerprint density at radius 3 is 2.42 bits per heavy atom. The fourth-order valence-corrected chi connectivity index (χ4v) is 3.72. The van der Waals surface area contributed by atoms with Crippen molar-refractivity contribution in [3.8, 4) is 5.75 Å². The van der Waals surface area contributed by atoms with Gasteiger partial charge >= 0.3 is 0 Å². The lowest BCUT2D eigenvalue weighted by Crippen LogP contribution is -2.59. The van der Waals surface area contributed by atoms with Crippen molar-refractivity contribution in [2.75, 3.05) is 19.8 Å². The van der Waals surface area contributed by atoms with Crippen molar-refractivity contribution in [3.63, 3.8) is 0 Å². The maximum absolute atomic E-state index is 10.0. The molecular weight excluding hydrogens is 402 g/mol. The summed E-state index contributed by atoms with van der Waals surface area (Å²) in [6.45, 7) is 0.564. The van der Waals surface area contributed by atoms with Gasteiger partial charge in [-0.1, -0.05) is 31.7 Å². The minimum atomic E-state index is -1.37. The zero-order chi connectivity index (χ0) is 22.1. The molecule has 1 unspecified atom stereocenters. The van der Waals surface area contributed by atoms with Crippen LogP contribution in [0.25, 0.3) is 10.9 Å². The fourth-order valence-electron chi connectivity index (χ4n) is 3.72. The quantitative estimate of drug-likeness (QED) is 0.372.